The van der Waals surface area contributed by atoms with Gasteiger partial charge in [0.15, 0.2) is 0 Å². The van der Waals surface area contributed by atoms with Crippen molar-refractivity contribution in [2.45, 2.75) is 39.7 Å². The van der Waals surface area contributed by atoms with Crippen LogP contribution in [0.4, 0.5) is 14.9 Å². The van der Waals surface area contributed by atoms with Crippen molar-refractivity contribution >= 4 is 23.3 Å². The van der Waals surface area contributed by atoms with Gasteiger partial charge in [0.05, 0.1) is 5.69 Å². The summed E-state index contributed by atoms with van der Waals surface area (Å²) in [7, 11) is 0. The molecule has 1 unspecified atom stereocenters. The maximum atomic E-state index is 13.5. The normalized spacial score (nSPS) is 12.3. The summed E-state index contributed by atoms with van der Waals surface area (Å²) in [5.41, 5.74) is 0.123. The highest BCUT2D eigenvalue weighted by Crippen LogP contribution is 2.18. The lowest BCUT2D eigenvalue weighted by molar-refractivity contribution is 0.248. The van der Waals surface area contributed by atoms with Gasteiger partial charge in [-0.25, -0.2) is 9.18 Å². The van der Waals surface area contributed by atoms with Gasteiger partial charge in [0.2, 0.25) is 0 Å². The number of hydrogen-bond acceptors (Lipinski definition) is 1. The van der Waals surface area contributed by atoms with Gasteiger partial charge in [0, 0.05) is 11.1 Å². The monoisotopic (exact) mass is 286 g/mol. The van der Waals surface area contributed by atoms with Crippen LogP contribution in [0.3, 0.4) is 0 Å². The number of amides is 2. The molecule has 0 spiro atoms. The molecular formula is C14H20ClFN2O. The quantitative estimate of drug-likeness (QED) is 0.826. The predicted molar refractivity (Wildman–Crippen MR) is 77.1 cm³/mol. The van der Waals surface area contributed by atoms with E-state index in [1.165, 1.54) is 18.2 Å². The van der Waals surface area contributed by atoms with Crippen LogP contribution in [0.5, 0.6) is 0 Å². The number of carbonyl (C=O) groups excluding carboxylic acids is 1. The first-order chi connectivity index (χ1) is 8.88. The van der Waals surface area contributed by atoms with Crippen LogP contribution in [0, 0.1) is 11.7 Å². The number of benzene rings is 1. The minimum absolute atomic E-state index is 0.0535. The van der Waals surface area contributed by atoms with E-state index < -0.39 is 11.8 Å². The van der Waals surface area contributed by atoms with Gasteiger partial charge < -0.3 is 10.6 Å². The smallest absolute Gasteiger partial charge is 0.319 e. The zero-order valence-electron chi connectivity index (χ0n) is 11.5. The zero-order chi connectivity index (χ0) is 14.4. The Hall–Kier alpha value is -1.29. The van der Waals surface area contributed by atoms with Crippen molar-refractivity contribution in [1.29, 1.82) is 0 Å². The lowest BCUT2D eigenvalue weighted by Gasteiger charge is -2.16. The van der Waals surface area contributed by atoms with E-state index in [9.17, 15) is 9.18 Å². The van der Waals surface area contributed by atoms with Crippen molar-refractivity contribution in [3.8, 4) is 0 Å². The molecule has 5 heteroatoms. The molecule has 106 valence electrons. The Kier molecular flexibility index (Phi) is 6.09. The third-order valence-electron chi connectivity index (χ3n) is 2.73. The van der Waals surface area contributed by atoms with Gasteiger partial charge >= 0.3 is 6.03 Å². The van der Waals surface area contributed by atoms with Crippen LogP contribution < -0.4 is 10.6 Å². The number of carbonyl (C=O) groups is 1. The molecule has 1 rings (SSSR count). The van der Waals surface area contributed by atoms with Crippen molar-refractivity contribution in [2.75, 3.05) is 5.32 Å². The molecule has 3 nitrogen and oxygen atoms in total. The Bertz CT molecular complexity index is 437. The van der Waals surface area contributed by atoms with Gasteiger partial charge in [-0.15, -0.1) is 0 Å². The van der Waals surface area contributed by atoms with E-state index in [4.69, 9.17) is 11.6 Å². The van der Waals surface area contributed by atoms with E-state index in [2.05, 4.69) is 24.5 Å². The summed E-state index contributed by atoms with van der Waals surface area (Å²) in [5.74, 6) is 0.0542. The summed E-state index contributed by atoms with van der Waals surface area (Å²) in [6.45, 7) is 6.20. The SMILES string of the molecule is CC(C)CCC(C)NC(=O)Nc1ccc(Cl)cc1F. The summed E-state index contributed by atoms with van der Waals surface area (Å²) in [6.07, 6.45) is 1.94. The maximum Gasteiger partial charge on any atom is 0.319 e. The Labute approximate surface area is 118 Å². The fraction of sp³-hybridized carbons (Fsp3) is 0.500. The van der Waals surface area contributed by atoms with Gasteiger partial charge in [0.25, 0.3) is 0 Å². The molecule has 0 bridgehead atoms. The largest absolute Gasteiger partial charge is 0.335 e. The number of urea groups is 1. The molecule has 0 saturated carbocycles. The van der Waals surface area contributed by atoms with E-state index in [1.807, 2.05) is 6.92 Å². The van der Waals surface area contributed by atoms with Crippen molar-refractivity contribution in [1.82, 2.24) is 5.32 Å². The predicted octanol–water partition coefficient (Wildman–Crippen LogP) is 4.43. The molecule has 2 N–H and O–H groups in total. The molecule has 0 fully saturated rings. The lowest BCUT2D eigenvalue weighted by Crippen LogP contribution is -2.36. The van der Waals surface area contributed by atoms with Gasteiger partial charge in [-0.2, -0.15) is 0 Å². The summed E-state index contributed by atoms with van der Waals surface area (Å²) >= 11 is 5.64. The molecule has 1 atom stereocenters. The minimum atomic E-state index is -0.544. The van der Waals surface area contributed by atoms with E-state index in [1.54, 1.807) is 0 Å². The van der Waals surface area contributed by atoms with Crippen LogP contribution in [-0.2, 0) is 0 Å². The van der Waals surface area contributed by atoms with E-state index in [0.29, 0.717) is 10.9 Å². The van der Waals surface area contributed by atoms with Crippen LogP contribution in [-0.4, -0.2) is 12.1 Å². The van der Waals surface area contributed by atoms with Gasteiger partial charge in [-0.1, -0.05) is 25.4 Å². The van der Waals surface area contributed by atoms with Crippen molar-refractivity contribution in [3.63, 3.8) is 0 Å². The third-order valence-corrected chi connectivity index (χ3v) is 2.97. The topological polar surface area (TPSA) is 41.1 Å². The van der Waals surface area contributed by atoms with Gasteiger partial charge in [-0.05, 0) is 43.9 Å². The second-order valence-electron chi connectivity index (χ2n) is 5.09. The summed E-state index contributed by atoms with van der Waals surface area (Å²) in [4.78, 5) is 11.7. The third kappa shape index (κ3) is 5.92. The summed E-state index contributed by atoms with van der Waals surface area (Å²) in [6, 6.07) is 3.79. The van der Waals surface area contributed by atoms with Crippen molar-refractivity contribution in [2.24, 2.45) is 5.92 Å². The molecule has 2 amide bonds. The number of nitrogens with one attached hydrogen (secondary N) is 2. The summed E-state index contributed by atoms with van der Waals surface area (Å²) in [5, 5.41) is 5.55. The lowest BCUT2D eigenvalue weighted by atomic mass is 10.0. The number of halogens is 2. The molecular weight excluding hydrogens is 267 g/mol. The summed E-state index contributed by atoms with van der Waals surface area (Å²) < 4.78 is 13.5. The van der Waals surface area contributed by atoms with E-state index in [0.717, 1.165) is 12.8 Å². The van der Waals surface area contributed by atoms with Gasteiger partial charge in [0.1, 0.15) is 5.82 Å². The maximum absolute atomic E-state index is 13.5. The molecule has 0 aliphatic carbocycles. The molecule has 0 radical (unpaired) electrons. The van der Waals surface area contributed by atoms with Crippen LogP contribution in [0.15, 0.2) is 18.2 Å². The first kappa shape index (κ1) is 15.8. The highest BCUT2D eigenvalue weighted by molar-refractivity contribution is 6.30. The minimum Gasteiger partial charge on any atom is -0.335 e. The van der Waals surface area contributed by atoms with Crippen LogP contribution >= 0.6 is 11.6 Å². The average molecular weight is 287 g/mol. The molecule has 19 heavy (non-hydrogen) atoms. The number of rotatable bonds is 5. The molecule has 0 aliphatic rings. The Morgan fingerprint density at radius 3 is 2.58 bits per heavy atom. The molecule has 1 aromatic rings. The molecule has 0 aromatic heterocycles. The highest BCUT2D eigenvalue weighted by Gasteiger charge is 2.10. The first-order valence-corrected chi connectivity index (χ1v) is 6.79. The Morgan fingerprint density at radius 2 is 2.00 bits per heavy atom. The highest BCUT2D eigenvalue weighted by atomic mass is 35.5. The van der Waals surface area contributed by atoms with Crippen LogP contribution in [0.2, 0.25) is 5.02 Å². The van der Waals surface area contributed by atoms with Crippen molar-refractivity contribution < 1.29 is 9.18 Å². The van der Waals surface area contributed by atoms with Crippen LogP contribution in [0.25, 0.3) is 0 Å². The fourth-order valence-corrected chi connectivity index (χ4v) is 1.79. The molecule has 1 aromatic carbocycles. The zero-order valence-corrected chi connectivity index (χ0v) is 12.2. The fourth-order valence-electron chi connectivity index (χ4n) is 1.63. The van der Waals surface area contributed by atoms with Crippen LogP contribution in [0.1, 0.15) is 33.6 Å². The molecule has 0 aliphatic heterocycles. The average Bonchev–Trinajstić information content (AvgIpc) is 2.30. The van der Waals surface area contributed by atoms with E-state index in [-0.39, 0.29) is 11.7 Å². The van der Waals surface area contributed by atoms with Crippen molar-refractivity contribution in [3.05, 3.63) is 29.0 Å². The Morgan fingerprint density at radius 1 is 1.32 bits per heavy atom. The Balaban J connectivity index is 2.46. The standard InChI is InChI=1S/C14H20ClFN2O/c1-9(2)4-5-10(3)17-14(19)18-13-7-6-11(15)8-12(13)16/h6-10H,4-5H2,1-3H3,(H2,17,18,19). The van der Waals surface area contributed by atoms with Gasteiger partial charge in [-0.3, -0.25) is 0 Å². The van der Waals surface area contributed by atoms with E-state index >= 15 is 0 Å². The second-order valence-corrected chi connectivity index (χ2v) is 5.53. The second kappa shape index (κ2) is 7.34. The number of hydrogen-bond donors (Lipinski definition) is 2. The molecule has 0 saturated heterocycles. The number of anilines is 1. The first-order valence-electron chi connectivity index (χ1n) is 6.41. The molecule has 0 heterocycles.